The first-order valence-corrected chi connectivity index (χ1v) is 10.2. The molecule has 0 aliphatic carbocycles. The lowest BCUT2D eigenvalue weighted by atomic mass is 10.1. The van der Waals surface area contributed by atoms with Crippen molar-refractivity contribution in [2.24, 2.45) is 0 Å². The summed E-state index contributed by atoms with van der Waals surface area (Å²) in [6.07, 6.45) is 3.27. The molecule has 4 rings (SSSR count). The molecule has 2 heterocycles. The number of aromatic nitrogens is 2. The fourth-order valence-corrected chi connectivity index (χ4v) is 4.04. The molecule has 7 heteroatoms. The summed E-state index contributed by atoms with van der Waals surface area (Å²) >= 11 is 1.43. The fourth-order valence-electron chi connectivity index (χ4n) is 3.24. The highest BCUT2D eigenvalue weighted by Gasteiger charge is 2.24. The highest BCUT2D eigenvalue weighted by Crippen LogP contribution is 2.25. The molecular weight excluding hydrogens is 377 g/mol. The van der Waals surface area contributed by atoms with Crippen LogP contribution < -0.4 is 4.74 Å². The number of amides is 1. The van der Waals surface area contributed by atoms with Gasteiger partial charge in [-0.15, -0.1) is 16.9 Å². The minimum Gasteiger partial charge on any atom is -0.473 e. The Morgan fingerprint density at radius 3 is 2.68 bits per heavy atom. The van der Waals surface area contributed by atoms with E-state index < -0.39 is 0 Å². The molecule has 2 aromatic carbocycles. The summed E-state index contributed by atoms with van der Waals surface area (Å²) < 4.78 is 19.0. The highest BCUT2D eigenvalue weighted by atomic mass is 32.2. The maximum Gasteiger partial charge on any atom is 0.241 e. The van der Waals surface area contributed by atoms with Crippen LogP contribution in [0.3, 0.4) is 0 Å². The molecular formula is C21H20FN3O2S. The number of hydrogen-bond acceptors (Lipinski definition) is 5. The molecule has 0 N–H and O–H groups in total. The van der Waals surface area contributed by atoms with E-state index in [1.54, 1.807) is 18.3 Å². The summed E-state index contributed by atoms with van der Waals surface area (Å²) in [5, 5.41) is 10.1. The van der Waals surface area contributed by atoms with E-state index in [0.717, 1.165) is 28.5 Å². The van der Waals surface area contributed by atoms with E-state index in [9.17, 15) is 9.18 Å². The molecule has 5 nitrogen and oxygen atoms in total. The third kappa shape index (κ3) is 4.42. The van der Waals surface area contributed by atoms with Gasteiger partial charge in [-0.1, -0.05) is 18.2 Å². The van der Waals surface area contributed by atoms with Gasteiger partial charge < -0.3 is 9.64 Å². The standard InChI is InChI=1S/C21H20FN3O2S/c22-16-5-7-18(8-6-16)28-14-20(26)25-11-9-17(10-12-25)27-21-19-4-2-1-3-15(19)13-23-24-21/h1-8,13,17H,9-12,14H2. The van der Waals surface area contributed by atoms with Gasteiger partial charge >= 0.3 is 0 Å². The largest absolute Gasteiger partial charge is 0.473 e. The number of likely N-dealkylation sites (tertiary alicyclic amines) is 1. The smallest absolute Gasteiger partial charge is 0.241 e. The number of halogens is 1. The Morgan fingerprint density at radius 2 is 1.89 bits per heavy atom. The predicted octanol–water partition coefficient (Wildman–Crippen LogP) is 3.93. The SMILES string of the molecule is O=C(CSc1ccc(F)cc1)N1CCC(Oc2nncc3ccccc23)CC1. The van der Waals surface area contributed by atoms with Gasteiger partial charge in [-0.3, -0.25) is 4.79 Å². The quantitative estimate of drug-likeness (QED) is 0.611. The van der Waals surface area contributed by atoms with E-state index in [4.69, 9.17) is 4.74 Å². The first kappa shape index (κ1) is 18.7. The van der Waals surface area contributed by atoms with Gasteiger partial charge in [0.2, 0.25) is 11.8 Å². The van der Waals surface area contributed by atoms with Gasteiger partial charge in [0.05, 0.1) is 11.9 Å². The van der Waals surface area contributed by atoms with Crippen molar-refractivity contribution in [2.45, 2.75) is 23.8 Å². The third-order valence-electron chi connectivity index (χ3n) is 4.79. The molecule has 0 radical (unpaired) electrons. The monoisotopic (exact) mass is 397 g/mol. The van der Waals surface area contributed by atoms with Crippen molar-refractivity contribution < 1.29 is 13.9 Å². The molecule has 0 saturated carbocycles. The molecule has 1 saturated heterocycles. The van der Waals surface area contributed by atoms with Crippen LogP contribution in [0.4, 0.5) is 4.39 Å². The minimum absolute atomic E-state index is 0.0221. The lowest BCUT2D eigenvalue weighted by molar-refractivity contribution is -0.130. The van der Waals surface area contributed by atoms with Gasteiger partial charge in [0.15, 0.2) is 0 Å². The van der Waals surface area contributed by atoms with Crippen LogP contribution in [0.5, 0.6) is 5.88 Å². The van der Waals surface area contributed by atoms with Crippen LogP contribution in [0.1, 0.15) is 12.8 Å². The van der Waals surface area contributed by atoms with E-state index in [1.165, 1.54) is 23.9 Å². The maximum absolute atomic E-state index is 13.0. The Bertz CT molecular complexity index is 954. The zero-order chi connectivity index (χ0) is 19.3. The van der Waals surface area contributed by atoms with Crippen molar-refractivity contribution in [3.8, 4) is 5.88 Å². The normalized spacial score (nSPS) is 15.0. The summed E-state index contributed by atoms with van der Waals surface area (Å²) in [6, 6.07) is 14.1. The average Bonchev–Trinajstić information content (AvgIpc) is 2.74. The zero-order valence-electron chi connectivity index (χ0n) is 15.3. The summed E-state index contributed by atoms with van der Waals surface area (Å²) in [5.74, 6) is 0.729. The summed E-state index contributed by atoms with van der Waals surface area (Å²) in [7, 11) is 0. The first-order valence-electron chi connectivity index (χ1n) is 9.22. The lowest BCUT2D eigenvalue weighted by Gasteiger charge is -2.32. The van der Waals surface area contributed by atoms with Gasteiger partial charge in [-0.25, -0.2) is 4.39 Å². The van der Waals surface area contributed by atoms with Gasteiger partial charge in [0, 0.05) is 41.6 Å². The number of thioether (sulfide) groups is 1. The van der Waals surface area contributed by atoms with Crippen molar-refractivity contribution in [3.05, 3.63) is 60.5 Å². The number of carbonyl (C=O) groups is 1. The minimum atomic E-state index is -0.270. The van der Waals surface area contributed by atoms with Crippen LogP contribution in [0.15, 0.2) is 59.6 Å². The van der Waals surface area contributed by atoms with Crippen LogP contribution >= 0.6 is 11.8 Å². The number of fused-ring (bicyclic) bond motifs is 1. The number of hydrogen-bond donors (Lipinski definition) is 0. The molecule has 0 bridgehead atoms. The molecule has 0 atom stereocenters. The Balaban J connectivity index is 1.29. The van der Waals surface area contributed by atoms with Crippen molar-refractivity contribution in [1.29, 1.82) is 0 Å². The van der Waals surface area contributed by atoms with E-state index in [-0.39, 0.29) is 17.8 Å². The van der Waals surface area contributed by atoms with Crippen LogP contribution in [-0.2, 0) is 4.79 Å². The Hall–Kier alpha value is -2.67. The molecule has 0 spiro atoms. The average molecular weight is 397 g/mol. The molecule has 144 valence electrons. The maximum atomic E-state index is 13.0. The van der Waals surface area contributed by atoms with Gasteiger partial charge in [0.1, 0.15) is 11.9 Å². The molecule has 3 aromatic rings. The van der Waals surface area contributed by atoms with E-state index in [1.807, 2.05) is 29.2 Å². The van der Waals surface area contributed by atoms with E-state index in [0.29, 0.717) is 24.7 Å². The Kier molecular flexibility index (Phi) is 5.71. The van der Waals surface area contributed by atoms with E-state index >= 15 is 0 Å². The molecule has 1 aliphatic rings. The number of ether oxygens (including phenoxy) is 1. The molecule has 1 amide bonds. The molecule has 1 aromatic heterocycles. The van der Waals surface area contributed by atoms with Crippen molar-refractivity contribution in [1.82, 2.24) is 15.1 Å². The van der Waals surface area contributed by atoms with Crippen LogP contribution in [0, 0.1) is 5.82 Å². The number of carbonyl (C=O) groups excluding carboxylic acids is 1. The van der Waals surface area contributed by atoms with Crippen LogP contribution in [-0.4, -0.2) is 46.0 Å². The predicted molar refractivity (Wildman–Crippen MR) is 107 cm³/mol. The topological polar surface area (TPSA) is 55.3 Å². The van der Waals surface area contributed by atoms with Crippen LogP contribution in [0.25, 0.3) is 10.8 Å². The fraction of sp³-hybridized carbons (Fsp3) is 0.286. The van der Waals surface area contributed by atoms with E-state index in [2.05, 4.69) is 10.2 Å². The number of benzene rings is 2. The third-order valence-corrected chi connectivity index (χ3v) is 5.78. The van der Waals surface area contributed by atoms with Gasteiger partial charge in [0.25, 0.3) is 0 Å². The Labute approximate surface area is 166 Å². The van der Waals surface area contributed by atoms with Crippen molar-refractivity contribution >= 4 is 28.4 Å². The van der Waals surface area contributed by atoms with Gasteiger partial charge in [-0.05, 0) is 30.3 Å². The second-order valence-corrected chi connectivity index (χ2v) is 7.73. The Morgan fingerprint density at radius 1 is 1.14 bits per heavy atom. The summed E-state index contributed by atoms with van der Waals surface area (Å²) in [5.41, 5.74) is 0. The second-order valence-electron chi connectivity index (χ2n) is 6.68. The number of piperidine rings is 1. The summed E-state index contributed by atoms with van der Waals surface area (Å²) in [4.78, 5) is 15.2. The summed E-state index contributed by atoms with van der Waals surface area (Å²) in [6.45, 7) is 1.32. The molecule has 1 aliphatic heterocycles. The highest BCUT2D eigenvalue weighted by molar-refractivity contribution is 8.00. The number of nitrogens with zero attached hydrogens (tertiary/aromatic N) is 3. The van der Waals surface area contributed by atoms with Gasteiger partial charge in [-0.2, -0.15) is 5.10 Å². The molecule has 0 unspecified atom stereocenters. The van der Waals surface area contributed by atoms with Crippen molar-refractivity contribution in [2.75, 3.05) is 18.8 Å². The first-order chi connectivity index (χ1) is 13.7. The molecule has 1 fully saturated rings. The number of rotatable bonds is 5. The lowest BCUT2D eigenvalue weighted by Crippen LogP contribution is -2.42. The molecule has 28 heavy (non-hydrogen) atoms. The second kappa shape index (κ2) is 8.56. The zero-order valence-corrected chi connectivity index (χ0v) is 16.1. The van der Waals surface area contributed by atoms with Crippen LogP contribution in [0.2, 0.25) is 0 Å². The van der Waals surface area contributed by atoms with Crippen molar-refractivity contribution in [3.63, 3.8) is 0 Å².